The first kappa shape index (κ1) is 16.5. The third-order valence-corrected chi connectivity index (χ3v) is 5.06. The van der Waals surface area contributed by atoms with E-state index >= 15 is 0 Å². The Morgan fingerprint density at radius 2 is 1.86 bits per heavy atom. The minimum absolute atomic E-state index is 0.348. The molecule has 2 atom stereocenters. The van der Waals surface area contributed by atoms with Gasteiger partial charge >= 0.3 is 0 Å². The summed E-state index contributed by atoms with van der Waals surface area (Å²) in [6.45, 7) is 11.8. The van der Waals surface area contributed by atoms with Gasteiger partial charge in [0, 0.05) is 12.1 Å². The Labute approximate surface area is 131 Å². The second-order valence-corrected chi connectivity index (χ2v) is 8.01. The first-order valence-corrected chi connectivity index (χ1v) is 8.74. The Kier molecular flexibility index (Phi) is 5.48. The number of nitrogens with one attached hydrogen (secondary N) is 1. The number of hydrogen-bond acceptors (Lipinski definition) is 1. The number of aryl methyl sites for hydroxylation is 1. The normalized spacial score (nSPS) is 22.1. The molecule has 1 heteroatoms. The van der Waals surface area contributed by atoms with Crippen molar-refractivity contribution in [3.05, 3.63) is 35.4 Å². The third-order valence-electron chi connectivity index (χ3n) is 5.06. The molecule has 21 heavy (non-hydrogen) atoms. The molecule has 1 aromatic carbocycles. The minimum atomic E-state index is 0.348. The van der Waals surface area contributed by atoms with Crippen LogP contribution in [-0.2, 0) is 6.42 Å². The summed E-state index contributed by atoms with van der Waals surface area (Å²) in [5.41, 5.74) is 3.42. The standard InChI is InChI=1S/C20H33N/c1-15(2)9-8-10-16(3)21-19-18-12-7-6-11-17(18)13-14-20(19,4)5/h6-7,11-12,15-16,19,21H,8-10,13-14H2,1-5H3. The molecule has 0 aromatic heterocycles. The third kappa shape index (κ3) is 4.32. The molecule has 0 spiro atoms. The number of fused-ring (bicyclic) bond motifs is 1. The van der Waals surface area contributed by atoms with Crippen molar-refractivity contribution in [2.75, 3.05) is 0 Å². The fourth-order valence-corrected chi connectivity index (χ4v) is 3.58. The molecule has 0 heterocycles. The fraction of sp³-hybridized carbons (Fsp3) is 0.700. The number of hydrogen-bond donors (Lipinski definition) is 1. The van der Waals surface area contributed by atoms with Gasteiger partial charge in [-0.3, -0.25) is 0 Å². The molecular formula is C20H33N. The molecule has 1 aliphatic carbocycles. The van der Waals surface area contributed by atoms with Gasteiger partial charge in [-0.05, 0) is 48.6 Å². The lowest BCUT2D eigenvalue weighted by molar-refractivity contribution is 0.192. The summed E-state index contributed by atoms with van der Waals surface area (Å²) in [5.74, 6) is 0.823. The Hall–Kier alpha value is -0.820. The van der Waals surface area contributed by atoms with Crippen LogP contribution in [0.25, 0.3) is 0 Å². The van der Waals surface area contributed by atoms with Crippen LogP contribution >= 0.6 is 0 Å². The maximum atomic E-state index is 3.94. The molecule has 0 saturated carbocycles. The number of benzene rings is 1. The Morgan fingerprint density at radius 3 is 2.57 bits per heavy atom. The van der Waals surface area contributed by atoms with Gasteiger partial charge in [-0.15, -0.1) is 0 Å². The van der Waals surface area contributed by atoms with E-state index in [-0.39, 0.29) is 0 Å². The largest absolute Gasteiger partial charge is 0.307 e. The summed E-state index contributed by atoms with van der Waals surface area (Å²) in [7, 11) is 0. The van der Waals surface area contributed by atoms with Gasteiger partial charge in [0.1, 0.15) is 0 Å². The van der Waals surface area contributed by atoms with E-state index in [1.165, 1.54) is 37.7 Å². The van der Waals surface area contributed by atoms with Gasteiger partial charge in [0.15, 0.2) is 0 Å². The lowest BCUT2D eigenvalue weighted by Crippen LogP contribution is -2.42. The van der Waals surface area contributed by atoms with Crippen molar-refractivity contribution >= 4 is 0 Å². The molecule has 0 bridgehead atoms. The lowest BCUT2D eigenvalue weighted by atomic mass is 9.70. The molecule has 1 nitrogen and oxygen atoms in total. The maximum Gasteiger partial charge on any atom is 0.0376 e. The molecule has 2 unspecified atom stereocenters. The van der Waals surface area contributed by atoms with E-state index in [2.05, 4.69) is 64.2 Å². The lowest BCUT2D eigenvalue weighted by Gasteiger charge is -2.42. The highest BCUT2D eigenvalue weighted by Crippen LogP contribution is 2.43. The topological polar surface area (TPSA) is 12.0 Å². The first-order valence-electron chi connectivity index (χ1n) is 8.74. The van der Waals surface area contributed by atoms with Crippen LogP contribution in [0.1, 0.15) is 77.5 Å². The molecule has 0 amide bonds. The Morgan fingerprint density at radius 1 is 1.14 bits per heavy atom. The molecule has 0 fully saturated rings. The Balaban J connectivity index is 2.03. The van der Waals surface area contributed by atoms with Crippen molar-refractivity contribution in [2.24, 2.45) is 11.3 Å². The highest BCUT2D eigenvalue weighted by atomic mass is 15.0. The molecule has 1 aliphatic rings. The van der Waals surface area contributed by atoms with Crippen LogP contribution in [0.3, 0.4) is 0 Å². The Bertz CT molecular complexity index is 447. The monoisotopic (exact) mass is 287 g/mol. The van der Waals surface area contributed by atoms with Crippen molar-refractivity contribution in [2.45, 2.75) is 78.8 Å². The molecule has 1 N–H and O–H groups in total. The summed E-state index contributed by atoms with van der Waals surface area (Å²) in [4.78, 5) is 0. The van der Waals surface area contributed by atoms with Gasteiger partial charge in [0.2, 0.25) is 0 Å². The molecule has 0 saturated heterocycles. The van der Waals surface area contributed by atoms with Crippen molar-refractivity contribution in [1.29, 1.82) is 0 Å². The molecule has 0 radical (unpaired) electrons. The SMILES string of the molecule is CC(C)CCCC(C)NC1c2ccccc2CCC1(C)C. The summed E-state index contributed by atoms with van der Waals surface area (Å²) in [5, 5.41) is 3.94. The summed E-state index contributed by atoms with van der Waals surface area (Å²) >= 11 is 0. The minimum Gasteiger partial charge on any atom is -0.307 e. The van der Waals surface area contributed by atoms with Crippen molar-refractivity contribution in [1.82, 2.24) is 5.32 Å². The second kappa shape index (κ2) is 6.96. The van der Waals surface area contributed by atoms with Crippen LogP contribution < -0.4 is 5.32 Å². The molecule has 0 aliphatic heterocycles. The highest BCUT2D eigenvalue weighted by molar-refractivity contribution is 5.34. The zero-order chi connectivity index (χ0) is 15.5. The van der Waals surface area contributed by atoms with Gasteiger partial charge in [-0.2, -0.15) is 0 Å². The van der Waals surface area contributed by atoms with Gasteiger partial charge in [0.05, 0.1) is 0 Å². The summed E-state index contributed by atoms with van der Waals surface area (Å²) in [6.07, 6.45) is 6.47. The van der Waals surface area contributed by atoms with Crippen molar-refractivity contribution in [3.8, 4) is 0 Å². The van der Waals surface area contributed by atoms with Crippen LogP contribution in [0, 0.1) is 11.3 Å². The average Bonchev–Trinajstić information content (AvgIpc) is 2.42. The smallest absolute Gasteiger partial charge is 0.0376 e. The van der Waals surface area contributed by atoms with Gasteiger partial charge in [0.25, 0.3) is 0 Å². The van der Waals surface area contributed by atoms with E-state index < -0.39 is 0 Å². The van der Waals surface area contributed by atoms with E-state index in [0.29, 0.717) is 17.5 Å². The van der Waals surface area contributed by atoms with E-state index in [1.54, 1.807) is 5.56 Å². The number of rotatable bonds is 6. The van der Waals surface area contributed by atoms with Gasteiger partial charge < -0.3 is 5.32 Å². The van der Waals surface area contributed by atoms with Crippen molar-refractivity contribution in [3.63, 3.8) is 0 Å². The molecule has 1 aromatic rings. The van der Waals surface area contributed by atoms with E-state index in [9.17, 15) is 0 Å². The van der Waals surface area contributed by atoms with E-state index in [0.717, 1.165) is 5.92 Å². The van der Waals surface area contributed by atoms with Crippen LogP contribution in [0.4, 0.5) is 0 Å². The zero-order valence-corrected chi connectivity index (χ0v) is 14.6. The average molecular weight is 287 g/mol. The summed E-state index contributed by atoms with van der Waals surface area (Å²) < 4.78 is 0. The molecule has 2 rings (SSSR count). The van der Waals surface area contributed by atoms with Crippen LogP contribution in [-0.4, -0.2) is 6.04 Å². The first-order chi connectivity index (χ1) is 9.90. The van der Waals surface area contributed by atoms with Crippen LogP contribution in [0.15, 0.2) is 24.3 Å². The van der Waals surface area contributed by atoms with Crippen LogP contribution in [0.2, 0.25) is 0 Å². The predicted octanol–water partition coefficient (Wildman–Crippen LogP) is 5.50. The maximum absolute atomic E-state index is 3.94. The zero-order valence-electron chi connectivity index (χ0n) is 14.6. The highest BCUT2D eigenvalue weighted by Gasteiger charge is 2.35. The van der Waals surface area contributed by atoms with Crippen molar-refractivity contribution < 1.29 is 0 Å². The predicted molar refractivity (Wildman–Crippen MR) is 92.6 cm³/mol. The quantitative estimate of drug-likeness (QED) is 0.728. The van der Waals surface area contributed by atoms with Gasteiger partial charge in [-0.25, -0.2) is 0 Å². The molecule has 118 valence electrons. The summed E-state index contributed by atoms with van der Waals surface area (Å²) in [6, 6.07) is 10.1. The van der Waals surface area contributed by atoms with Crippen LogP contribution in [0.5, 0.6) is 0 Å². The van der Waals surface area contributed by atoms with E-state index in [4.69, 9.17) is 0 Å². The van der Waals surface area contributed by atoms with Gasteiger partial charge in [-0.1, -0.05) is 64.8 Å². The molecular weight excluding hydrogens is 254 g/mol. The van der Waals surface area contributed by atoms with E-state index in [1.807, 2.05) is 0 Å². The second-order valence-electron chi connectivity index (χ2n) is 8.01. The fourth-order valence-electron chi connectivity index (χ4n) is 3.58.